The number of rotatable bonds is 3. The number of fused-ring (bicyclic) bond motifs is 1. The quantitative estimate of drug-likeness (QED) is 0.916. The van der Waals surface area contributed by atoms with Gasteiger partial charge in [-0.1, -0.05) is 31.0 Å². The minimum absolute atomic E-state index is 0.238. The van der Waals surface area contributed by atoms with Crippen LogP contribution in [0.3, 0.4) is 0 Å². The second-order valence-electron chi connectivity index (χ2n) is 7.51. The van der Waals surface area contributed by atoms with Crippen molar-refractivity contribution in [1.29, 1.82) is 0 Å². The molecule has 0 spiro atoms. The standard InChI is InChI=1S/C19H28N2/c20-14-19(11-3-6-17(13-19)15-9-10-15)21-12-4-7-16-5-1-2-8-18(16)21/h1-2,5,8,15,17H,3-4,6-7,9-14,20H2. The molecule has 0 saturated heterocycles. The molecule has 0 radical (unpaired) electrons. The predicted octanol–water partition coefficient (Wildman–Crippen LogP) is 3.74. The molecule has 2 N–H and O–H groups in total. The van der Waals surface area contributed by atoms with Crippen molar-refractivity contribution in [1.82, 2.24) is 0 Å². The van der Waals surface area contributed by atoms with Crippen LogP contribution in [0.15, 0.2) is 24.3 Å². The summed E-state index contributed by atoms with van der Waals surface area (Å²) in [6.45, 7) is 2.02. The normalized spacial score (nSPS) is 32.8. The fourth-order valence-corrected chi connectivity index (χ4v) is 4.92. The van der Waals surface area contributed by atoms with E-state index in [0.29, 0.717) is 0 Å². The number of anilines is 1. The average molecular weight is 284 g/mol. The first kappa shape index (κ1) is 13.6. The molecule has 3 aliphatic rings. The molecule has 2 aliphatic carbocycles. The van der Waals surface area contributed by atoms with E-state index in [2.05, 4.69) is 29.2 Å². The number of hydrogen-bond donors (Lipinski definition) is 1. The Balaban J connectivity index is 1.66. The second kappa shape index (κ2) is 5.31. The summed E-state index contributed by atoms with van der Waals surface area (Å²) in [7, 11) is 0. The molecule has 1 heterocycles. The van der Waals surface area contributed by atoms with Gasteiger partial charge in [-0.15, -0.1) is 0 Å². The van der Waals surface area contributed by atoms with Crippen LogP contribution in [0.25, 0.3) is 0 Å². The first-order valence-corrected chi connectivity index (χ1v) is 8.88. The molecule has 2 nitrogen and oxygen atoms in total. The largest absolute Gasteiger partial charge is 0.364 e. The number of hydrogen-bond acceptors (Lipinski definition) is 2. The highest BCUT2D eigenvalue weighted by Gasteiger charge is 2.45. The lowest BCUT2D eigenvalue weighted by atomic mass is 9.72. The first-order valence-electron chi connectivity index (χ1n) is 8.88. The third kappa shape index (κ3) is 2.38. The van der Waals surface area contributed by atoms with Crippen LogP contribution in [0.4, 0.5) is 5.69 Å². The molecule has 1 aromatic carbocycles. The van der Waals surface area contributed by atoms with Gasteiger partial charge in [0, 0.05) is 18.8 Å². The summed E-state index contributed by atoms with van der Waals surface area (Å²) in [6.07, 6.45) is 10.9. The third-order valence-corrected chi connectivity index (χ3v) is 6.21. The van der Waals surface area contributed by atoms with Gasteiger partial charge in [0.15, 0.2) is 0 Å². The summed E-state index contributed by atoms with van der Waals surface area (Å²) >= 11 is 0. The smallest absolute Gasteiger partial charge is 0.0527 e. The zero-order valence-electron chi connectivity index (χ0n) is 13.1. The fourth-order valence-electron chi connectivity index (χ4n) is 4.92. The van der Waals surface area contributed by atoms with E-state index in [1.54, 1.807) is 0 Å². The van der Waals surface area contributed by atoms with Gasteiger partial charge in [-0.05, 0) is 62.0 Å². The van der Waals surface area contributed by atoms with E-state index in [-0.39, 0.29) is 5.54 Å². The molecule has 2 atom stereocenters. The van der Waals surface area contributed by atoms with Crippen LogP contribution in [0.2, 0.25) is 0 Å². The molecule has 0 amide bonds. The van der Waals surface area contributed by atoms with Gasteiger partial charge >= 0.3 is 0 Å². The molecule has 114 valence electrons. The summed E-state index contributed by atoms with van der Waals surface area (Å²) in [5.41, 5.74) is 9.62. The number of para-hydroxylation sites is 1. The summed E-state index contributed by atoms with van der Waals surface area (Å²) in [5, 5.41) is 0. The summed E-state index contributed by atoms with van der Waals surface area (Å²) in [5.74, 6) is 1.97. The van der Waals surface area contributed by atoms with Crippen molar-refractivity contribution in [2.75, 3.05) is 18.0 Å². The van der Waals surface area contributed by atoms with Gasteiger partial charge in [0.25, 0.3) is 0 Å². The monoisotopic (exact) mass is 284 g/mol. The highest BCUT2D eigenvalue weighted by molar-refractivity contribution is 5.57. The molecular formula is C19H28N2. The van der Waals surface area contributed by atoms with E-state index < -0.39 is 0 Å². The Morgan fingerprint density at radius 3 is 2.76 bits per heavy atom. The van der Waals surface area contributed by atoms with Crippen molar-refractivity contribution >= 4 is 5.69 Å². The number of aryl methyl sites for hydroxylation is 1. The van der Waals surface area contributed by atoms with Crippen molar-refractivity contribution in [2.45, 2.75) is 56.9 Å². The Hall–Kier alpha value is -1.02. The number of benzene rings is 1. The zero-order valence-corrected chi connectivity index (χ0v) is 13.1. The SMILES string of the molecule is NCC1(N2CCCc3ccccc32)CCCC(C2CC2)C1. The molecule has 2 unspecified atom stereocenters. The number of nitrogens with two attached hydrogens (primary N) is 1. The highest BCUT2D eigenvalue weighted by atomic mass is 15.2. The molecule has 4 rings (SSSR count). The van der Waals surface area contributed by atoms with Gasteiger partial charge in [0.1, 0.15) is 0 Å². The predicted molar refractivity (Wildman–Crippen MR) is 88.6 cm³/mol. The van der Waals surface area contributed by atoms with Crippen LogP contribution in [0.5, 0.6) is 0 Å². The summed E-state index contributed by atoms with van der Waals surface area (Å²) in [6, 6.07) is 9.02. The lowest BCUT2D eigenvalue weighted by Crippen LogP contribution is -2.58. The molecular weight excluding hydrogens is 256 g/mol. The van der Waals surface area contributed by atoms with Crippen LogP contribution in [0.1, 0.15) is 50.5 Å². The Labute approximate surface area is 128 Å². The zero-order chi connectivity index (χ0) is 14.3. The van der Waals surface area contributed by atoms with Crippen molar-refractivity contribution < 1.29 is 0 Å². The molecule has 1 aromatic rings. The van der Waals surface area contributed by atoms with Crippen LogP contribution in [0, 0.1) is 11.8 Å². The molecule has 0 bridgehead atoms. The fraction of sp³-hybridized carbons (Fsp3) is 0.684. The van der Waals surface area contributed by atoms with Crippen LogP contribution in [-0.2, 0) is 6.42 Å². The van der Waals surface area contributed by atoms with E-state index in [4.69, 9.17) is 5.73 Å². The van der Waals surface area contributed by atoms with Crippen molar-refractivity contribution in [3.63, 3.8) is 0 Å². The molecule has 2 saturated carbocycles. The van der Waals surface area contributed by atoms with Crippen molar-refractivity contribution in [3.05, 3.63) is 29.8 Å². The van der Waals surface area contributed by atoms with Gasteiger partial charge in [0.2, 0.25) is 0 Å². The Kier molecular flexibility index (Phi) is 3.45. The summed E-state index contributed by atoms with van der Waals surface area (Å²) < 4.78 is 0. The van der Waals surface area contributed by atoms with Crippen molar-refractivity contribution in [3.8, 4) is 0 Å². The average Bonchev–Trinajstić information content (AvgIpc) is 3.39. The topological polar surface area (TPSA) is 29.3 Å². The molecule has 2 heteroatoms. The first-order chi connectivity index (χ1) is 10.3. The van der Waals surface area contributed by atoms with E-state index in [0.717, 1.165) is 18.4 Å². The molecule has 0 aromatic heterocycles. The maximum atomic E-state index is 6.37. The second-order valence-corrected chi connectivity index (χ2v) is 7.51. The highest BCUT2D eigenvalue weighted by Crippen LogP contribution is 2.49. The summed E-state index contributed by atoms with van der Waals surface area (Å²) in [4.78, 5) is 2.71. The Bertz CT molecular complexity index is 508. The van der Waals surface area contributed by atoms with Crippen LogP contribution >= 0.6 is 0 Å². The minimum Gasteiger partial charge on any atom is -0.364 e. The molecule has 21 heavy (non-hydrogen) atoms. The van der Waals surface area contributed by atoms with E-state index in [1.807, 2.05) is 0 Å². The van der Waals surface area contributed by atoms with Gasteiger partial charge in [-0.25, -0.2) is 0 Å². The minimum atomic E-state index is 0.238. The van der Waals surface area contributed by atoms with E-state index >= 15 is 0 Å². The van der Waals surface area contributed by atoms with Crippen LogP contribution < -0.4 is 10.6 Å². The Morgan fingerprint density at radius 2 is 1.95 bits per heavy atom. The number of nitrogens with zero attached hydrogens (tertiary/aromatic N) is 1. The maximum Gasteiger partial charge on any atom is 0.0527 e. The van der Waals surface area contributed by atoms with Crippen LogP contribution in [-0.4, -0.2) is 18.6 Å². The lowest BCUT2D eigenvalue weighted by molar-refractivity contribution is 0.196. The van der Waals surface area contributed by atoms with E-state index in [9.17, 15) is 0 Å². The lowest BCUT2D eigenvalue weighted by Gasteiger charge is -2.51. The Morgan fingerprint density at radius 1 is 1.10 bits per heavy atom. The van der Waals surface area contributed by atoms with Gasteiger partial charge in [-0.3, -0.25) is 0 Å². The third-order valence-electron chi connectivity index (χ3n) is 6.21. The molecule has 1 aliphatic heterocycles. The van der Waals surface area contributed by atoms with Gasteiger partial charge < -0.3 is 10.6 Å². The molecule has 2 fully saturated rings. The maximum absolute atomic E-state index is 6.37. The van der Waals surface area contributed by atoms with E-state index in [1.165, 1.54) is 69.2 Å². The van der Waals surface area contributed by atoms with Gasteiger partial charge in [0.05, 0.1) is 5.54 Å². The van der Waals surface area contributed by atoms with Gasteiger partial charge in [-0.2, -0.15) is 0 Å². The van der Waals surface area contributed by atoms with Crippen molar-refractivity contribution in [2.24, 2.45) is 17.6 Å².